The summed E-state index contributed by atoms with van der Waals surface area (Å²) in [7, 11) is 0. The fourth-order valence-electron chi connectivity index (χ4n) is 2.35. The van der Waals surface area contributed by atoms with Gasteiger partial charge >= 0.3 is 0 Å². The predicted octanol–water partition coefficient (Wildman–Crippen LogP) is 2.29. The molecule has 1 saturated heterocycles. The topological polar surface area (TPSA) is 49.4 Å². The molecule has 2 rings (SSSR count). The van der Waals surface area contributed by atoms with Crippen molar-refractivity contribution >= 4 is 17.5 Å². The SMILES string of the molecule is CCC1(C)NC(=O)CCN(c2cc(F)c(C)cc2F)C1=O. The molecule has 0 aromatic heterocycles. The third-order valence-electron chi connectivity index (χ3n) is 3.92. The van der Waals surface area contributed by atoms with E-state index in [1.807, 2.05) is 0 Å². The van der Waals surface area contributed by atoms with Gasteiger partial charge in [0.25, 0.3) is 5.91 Å². The van der Waals surface area contributed by atoms with Crippen LogP contribution in [0.5, 0.6) is 0 Å². The van der Waals surface area contributed by atoms with Crippen molar-refractivity contribution in [1.29, 1.82) is 0 Å². The third-order valence-corrected chi connectivity index (χ3v) is 3.92. The van der Waals surface area contributed by atoms with Crippen LogP contribution in [0.2, 0.25) is 0 Å². The first-order valence-electron chi connectivity index (χ1n) is 6.87. The fourth-order valence-corrected chi connectivity index (χ4v) is 2.35. The molecule has 1 unspecified atom stereocenters. The van der Waals surface area contributed by atoms with E-state index in [1.165, 1.54) is 6.92 Å². The summed E-state index contributed by atoms with van der Waals surface area (Å²) in [5.74, 6) is -1.96. The summed E-state index contributed by atoms with van der Waals surface area (Å²) in [6.07, 6.45) is 0.417. The fraction of sp³-hybridized carbons (Fsp3) is 0.467. The Morgan fingerprint density at radius 3 is 2.57 bits per heavy atom. The lowest BCUT2D eigenvalue weighted by atomic mass is 9.97. The van der Waals surface area contributed by atoms with E-state index >= 15 is 0 Å². The Morgan fingerprint density at radius 1 is 1.29 bits per heavy atom. The molecular formula is C15H18F2N2O2. The Hall–Kier alpha value is -1.98. The van der Waals surface area contributed by atoms with Gasteiger partial charge in [0, 0.05) is 19.0 Å². The van der Waals surface area contributed by atoms with Gasteiger partial charge in [-0.25, -0.2) is 8.78 Å². The van der Waals surface area contributed by atoms with Crippen molar-refractivity contribution in [1.82, 2.24) is 5.32 Å². The summed E-state index contributed by atoms with van der Waals surface area (Å²) in [6, 6.07) is 2.07. The molecule has 4 nitrogen and oxygen atoms in total. The second-order valence-electron chi connectivity index (χ2n) is 5.49. The Morgan fingerprint density at radius 2 is 1.95 bits per heavy atom. The largest absolute Gasteiger partial charge is 0.342 e. The van der Waals surface area contributed by atoms with Crippen LogP contribution in [0.4, 0.5) is 14.5 Å². The highest BCUT2D eigenvalue weighted by Gasteiger charge is 2.40. The minimum Gasteiger partial charge on any atom is -0.342 e. The second kappa shape index (κ2) is 5.42. The van der Waals surface area contributed by atoms with Gasteiger partial charge in [-0.1, -0.05) is 6.92 Å². The standard InChI is InChI=1S/C15H18F2N2O2/c1-4-15(3)14(21)19(6-5-13(20)18-15)12-8-10(16)9(2)7-11(12)17/h7-8H,4-6H2,1-3H3,(H,18,20). The van der Waals surface area contributed by atoms with Crippen LogP contribution >= 0.6 is 0 Å². The average Bonchev–Trinajstić information content (AvgIpc) is 2.53. The Bertz CT molecular complexity index is 604. The first-order chi connectivity index (χ1) is 9.78. The molecule has 0 saturated carbocycles. The quantitative estimate of drug-likeness (QED) is 0.910. The van der Waals surface area contributed by atoms with Gasteiger partial charge in [-0.3, -0.25) is 9.59 Å². The van der Waals surface area contributed by atoms with Gasteiger partial charge in [0.15, 0.2) is 0 Å². The Kier molecular flexibility index (Phi) is 3.98. The van der Waals surface area contributed by atoms with Gasteiger partial charge in [0.2, 0.25) is 5.91 Å². The molecule has 1 aromatic carbocycles. The zero-order chi connectivity index (χ0) is 15.8. The van der Waals surface area contributed by atoms with E-state index in [1.54, 1.807) is 13.8 Å². The maximum Gasteiger partial charge on any atom is 0.252 e. The minimum absolute atomic E-state index is 0.0275. The molecule has 6 heteroatoms. The monoisotopic (exact) mass is 296 g/mol. The van der Waals surface area contributed by atoms with E-state index in [0.29, 0.717) is 6.42 Å². The number of benzene rings is 1. The van der Waals surface area contributed by atoms with E-state index in [9.17, 15) is 18.4 Å². The van der Waals surface area contributed by atoms with Gasteiger partial charge in [-0.05, 0) is 31.9 Å². The number of nitrogens with one attached hydrogen (secondary N) is 1. The van der Waals surface area contributed by atoms with Crippen LogP contribution in [-0.4, -0.2) is 23.9 Å². The molecule has 1 N–H and O–H groups in total. The number of hydrogen-bond acceptors (Lipinski definition) is 2. The van der Waals surface area contributed by atoms with Crippen molar-refractivity contribution < 1.29 is 18.4 Å². The highest BCUT2D eigenvalue weighted by atomic mass is 19.1. The number of nitrogens with zero attached hydrogens (tertiary/aromatic N) is 1. The van der Waals surface area contributed by atoms with Crippen molar-refractivity contribution in [3.63, 3.8) is 0 Å². The van der Waals surface area contributed by atoms with Crippen LogP contribution in [0.25, 0.3) is 0 Å². The highest BCUT2D eigenvalue weighted by Crippen LogP contribution is 2.28. The normalized spacial score (nSPS) is 23.0. The predicted molar refractivity (Wildman–Crippen MR) is 74.9 cm³/mol. The number of halogens is 2. The zero-order valence-electron chi connectivity index (χ0n) is 12.3. The van der Waals surface area contributed by atoms with Crippen LogP contribution in [0.3, 0.4) is 0 Å². The molecule has 1 aliphatic rings. The van der Waals surface area contributed by atoms with Crippen LogP contribution in [0.1, 0.15) is 32.3 Å². The van der Waals surface area contributed by atoms with E-state index in [4.69, 9.17) is 0 Å². The molecule has 1 fully saturated rings. The van der Waals surface area contributed by atoms with Crippen molar-refractivity contribution in [2.75, 3.05) is 11.4 Å². The van der Waals surface area contributed by atoms with Gasteiger partial charge in [0.05, 0.1) is 5.69 Å². The Balaban J connectivity index is 2.49. The van der Waals surface area contributed by atoms with Crippen molar-refractivity contribution in [3.05, 3.63) is 29.3 Å². The summed E-state index contributed by atoms with van der Waals surface area (Å²) in [6.45, 7) is 4.83. The molecule has 1 aromatic rings. The van der Waals surface area contributed by atoms with Crippen molar-refractivity contribution in [2.45, 2.75) is 39.2 Å². The minimum atomic E-state index is -1.11. The van der Waals surface area contributed by atoms with E-state index in [-0.39, 0.29) is 30.1 Å². The molecule has 0 bridgehead atoms. The van der Waals surface area contributed by atoms with Crippen LogP contribution in [0.15, 0.2) is 12.1 Å². The molecule has 0 spiro atoms. The van der Waals surface area contributed by atoms with Crippen LogP contribution in [0, 0.1) is 18.6 Å². The third kappa shape index (κ3) is 2.75. The molecule has 1 aliphatic heterocycles. The van der Waals surface area contributed by atoms with Gasteiger partial charge in [-0.2, -0.15) is 0 Å². The number of carbonyl (C=O) groups is 2. The lowest BCUT2D eigenvalue weighted by Crippen LogP contribution is -2.55. The molecule has 114 valence electrons. The number of amides is 2. The summed E-state index contributed by atoms with van der Waals surface area (Å²) in [4.78, 5) is 25.5. The van der Waals surface area contributed by atoms with Crippen LogP contribution in [-0.2, 0) is 9.59 Å². The van der Waals surface area contributed by atoms with Gasteiger partial charge in [-0.15, -0.1) is 0 Å². The van der Waals surface area contributed by atoms with E-state index in [0.717, 1.165) is 17.0 Å². The van der Waals surface area contributed by atoms with Crippen LogP contribution < -0.4 is 10.2 Å². The van der Waals surface area contributed by atoms with Crippen molar-refractivity contribution in [3.8, 4) is 0 Å². The number of hydrogen-bond donors (Lipinski definition) is 1. The molecular weight excluding hydrogens is 278 g/mol. The lowest BCUT2D eigenvalue weighted by Gasteiger charge is -2.31. The molecule has 21 heavy (non-hydrogen) atoms. The zero-order valence-corrected chi connectivity index (χ0v) is 12.3. The second-order valence-corrected chi connectivity index (χ2v) is 5.49. The molecule has 1 heterocycles. The molecule has 0 radical (unpaired) electrons. The number of anilines is 1. The smallest absolute Gasteiger partial charge is 0.252 e. The highest BCUT2D eigenvalue weighted by molar-refractivity contribution is 6.04. The summed E-state index contributed by atoms with van der Waals surface area (Å²) in [5, 5.41) is 2.65. The summed E-state index contributed by atoms with van der Waals surface area (Å²) in [5.41, 5.74) is -1.06. The lowest BCUT2D eigenvalue weighted by molar-refractivity contribution is -0.129. The maximum absolute atomic E-state index is 14.1. The van der Waals surface area contributed by atoms with Gasteiger partial charge < -0.3 is 10.2 Å². The van der Waals surface area contributed by atoms with E-state index in [2.05, 4.69) is 5.32 Å². The average molecular weight is 296 g/mol. The number of rotatable bonds is 2. The molecule has 1 atom stereocenters. The van der Waals surface area contributed by atoms with E-state index < -0.39 is 23.1 Å². The first kappa shape index (κ1) is 15.4. The van der Waals surface area contributed by atoms with Crippen molar-refractivity contribution in [2.24, 2.45) is 0 Å². The summed E-state index contributed by atoms with van der Waals surface area (Å²) >= 11 is 0. The molecule has 2 amide bonds. The van der Waals surface area contributed by atoms with Gasteiger partial charge in [0.1, 0.15) is 17.2 Å². The Labute approximate surface area is 122 Å². The number of aryl methyl sites for hydroxylation is 1. The molecule has 0 aliphatic carbocycles. The summed E-state index contributed by atoms with van der Waals surface area (Å²) < 4.78 is 27.8. The number of carbonyl (C=O) groups excluding carboxylic acids is 2. The maximum atomic E-state index is 14.1. The first-order valence-corrected chi connectivity index (χ1v) is 6.87.